The van der Waals surface area contributed by atoms with Crippen LogP contribution in [-0.4, -0.2) is 31.9 Å². The summed E-state index contributed by atoms with van der Waals surface area (Å²) in [6.07, 6.45) is 2.47. The van der Waals surface area contributed by atoms with Crippen LogP contribution in [0.3, 0.4) is 0 Å². The van der Waals surface area contributed by atoms with E-state index >= 15 is 0 Å². The Kier molecular flexibility index (Phi) is 5.28. The van der Waals surface area contributed by atoms with Crippen LogP contribution < -0.4 is 10.1 Å². The van der Waals surface area contributed by atoms with Crippen LogP contribution in [0.1, 0.15) is 46.1 Å². The normalized spacial score (nSPS) is 25.5. The number of rotatable bonds is 6. The van der Waals surface area contributed by atoms with Gasteiger partial charge in [-0.05, 0) is 36.1 Å². The highest BCUT2D eigenvalue weighted by atomic mass is 16.5. The van der Waals surface area contributed by atoms with Gasteiger partial charge in [0.15, 0.2) is 0 Å². The zero-order valence-electron chi connectivity index (χ0n) is 14.0. The third kappa shape index (κ3) is 3.98. The summed E-state index contributed by atoms with van der Waals surface area (Å²) in [6.45, 7) is 9.88. The Hall–Kier alpha value is -1.06. The molecule has 0 spiro atoms. The third-order valence-corrected chi connectivity index (χ3v) is 4.19. The molecule has 0 amide bonds. The van der Waals surface area contributed by atoms with Crippen molar-refractivity contribution in [2.45, 2.75) is 64.2 Å². The molecule has 3 unspecified atom stereocenters. The average Bonchev–Trinajstić information content (AvgIpc) is 2.42. The first kappa shape index (κ1) is 16.3. The first-order valence-electron chi connectivity index (χ1n) is 7.99. The van der Waals surface area contributed by atoms with E-state index in [1.54, 1.807) is 7.11 Å². The van der Waals surface area contributed by atoms with E-state index in [0.717, 1.165) is 25.1 Å². The molecule has 3 nitrogen and oxygen atoms in total. The second-order valence-corrected chi connectivity index (χ2v) is 6.93. The fraction of sp³-hybridized carbons (Fsp3) is 0.667. The molecule has 1 saturated carbocycles. The zero-order valence-corrected chi connectivity index (χ0v) is 14.0. The van der Waals surface area contributed by atoms with Crippen molar-refractivity contribution in [3.05, 3.63) is 29.8 Å². The minimum absolute atomic E-state index is 0.152. The van der Waals surface area contributed by atoms with Crippen LogP contribution in [0.5, 0.6) is 5.75 Å². The second kappa shape index (κ2) is 6.80. The average molecular weight is 291 g/mol. The van der Waals surface area contributed by atoms with Crippen molar-refractivity contribution in [2.24, 2.45) is 0 Å². The van der Waals surface area contributed by atoms with Gasteiger partial charge in [-0.25, -0.2) is 0 Å². The Morgan fingerprint density at radius 3 is 2.38 bits per heavy atom. The summed E-state index contributed by atoms with van der Waals surface area (Å²) < 4.78 is 11.6. The Bertz CT molecular complexity index is 436. The maximum absolute atomic E-state index is 6.07. The first-order chi connectivity index (χ1) is 9.95. The molecule has 1 aromatic carbocycles. The summed E-state index contributed by atoms with van der Waals surface area (Å²) in [5.74, 6) is 0.934. The van der Waals surface area contributed by atoms with Crippen LogP contribution in [-0.2, 0) is 10.2 Å². The molecule has 0 aliphatic heterocycles. The molecular weight excluding hydrogens is 262 g/mol. The lowest BCUT2D eigenvalue weighted by Gasteiger charge is -2.43. The lowest BCUT2D eigenvalue weighted by Crippen LogP contribution is -2.61. The molecule has 1 aromatic rings. The van der Waals surface area contributed by atoms with E-state index in [0.29, 0.717) is 6.04 Å². The smallest absolute Gasteiger partial charge is 0.128 e. The molecule has 118 valence electrons. The van der Waals surface area contributed by atoms with Gasteiger partial charge in [-0.2, -0.15) is 0 Å². The summed E-state index contributed by atoms with van der Waals surface area (Å²) in [5.41, 5.74) is 1.51. The molecule has 1 aliphatic rings. The number of ether oxygens (including phenoxy) is 2. The second-order valence-electron chi connectivity index (χ2n) is 6.93. The van der Waals surface area contributed by atoms with Gasteiger partial charge in [-0.1, -0.05) is 39.8 Å². The lowest BCUT2D eigenvalue weighted by molar-refractivity contribution is -0.0887. The van der Waals surface area contributed by atoms with E-state index in [1.165, 1.54) is 5.56 Å². The molecule has 2 rings (SSSR count). The minimum atomic E-state index is 0.152. The van der Waals surface area contributed by atoms with Crippen LogP contribution >= 0.6 is 0 Å². The van der Waals surface area contributed by atoms with Crippen LogP contribution in [0.25, 0.3) is 0 Å². The number of methoxy groups -OCH3 is 1. The minimum Gasteiger partial charge on any atom is -0.488 e. The van der Waals surface area contributed by atoms with Crippen molar-refractivity contribution in [2.75, 3.05) is 13.7 Å². The number of hydrogen-bond donors (Lipinski definition) is 1. The fourth-order valence-electron chi connectivity index (χ4n) is 2.75. The highest BCUT2D eigenvalue weighted by molar-refractivity contribution is 5.31. The van der Waals surface area contributed by atoms with E-state index in [-0.39, 0.29) is 17.6 Å². The molecule has 21 heavy (non-hydrogen) atoms. The molecular formula is C18H29NO2. The van der Waals surface area contributed by atoms with Crippen molar-refractivity contribution < 1.29 is 9.47 Å². The quantitative estimate of drug-likeness (QED) is 0.870. The van der Waals surface area contributed by atoms with E-state index in [2.05, 4.69) is 57.3 Å². The Balaban J connectivity index is 1.90. The summed E-state index contributed by atoms with van der Waals surface area (Å²) in [4.78, 5) is 0. The largest absolute Gasteiger partial charge is 0.488 e. The maximum Gasteiger partial charge on any atom is 0.128 e. The molecule has 1 fully saturated rings. The van der Waals surface area contributed by atoms with Gasteiger partial charge >= 0.3 is 0 Å². The van der Waals surface area contributed by atoms with Crippen molar-refractivity contribution >= 4 is 0 Å². The fourth-order valence-corrected chi connectivity index (χ4v) is 2.75. The summed E-state index contributed by atoms with van der Waals surface area (Å²) in [6, 6.07) is 8.87. The number of benzene rings is 1. The first-order valence-corrected chi connectivity index (χ1v) is 7.99. The van der Waals surface area contributed by atoms with Gasteiger partial charge < -0.3 is 14.8 Å². The molecule has 0 radical (unpaired) electrons. The molecule has 3 heteroatoms. The lowest BCUT2D eigenvalue weighted by atomic mass is 9.85. The number of nitrogens with one attached hydrogen (secondary N) is 1. The van der Waals surface area contributed by atoms with Gasteiger partial charge in [0.2, 0.25) is 0 Å². The summed E-state index contributed by atoms with van der Waals surface area (Å²) in [7, 11) is 1.77. The van der Waals surface area contributed by atoms with Gasteiger partial charge in [-0.3, -0.25) is 0 Å². The van der Waals surface area contributed by atoms with E-state index in [4.69, 9.17) is 9.47 Å². The SMILES string of the molecule is CCCNC1CC(Oc2ccc(C(C)(C)C)cc2)C1OC. The third-order valence-electron chi connectivity index (χ3n) is 4.19. The molecule has 1 N–H and O–H groups in total. The van der Waals surface area contributed by atoms with Gasteiger partial charge in [0.25, 0.3) is 0 Å². The van der Waals surface area contributed by atoms with E-state index in [1.807, 2.05) is 0 Å². The van der Waals surface area contributed by atoms with Crippen LogP contribution in [0.4, 0.5) is 0 Å². The maximum atomic E-state index is 6.07. The van der Waals surface area contributed by atoms with Gasteiger partial charge in [0.05, 0.1) is 0 Å². The van der Waals surface area contributed by atoms with E-state index in [9.17, 15) is 0 Å². The van der Waals surface area contributed by atoms with E-state index < -0.39 is 0 Å². The Labute approximate surface area is 129 Å². The zero-order chi connectivity index (χ0) is 15.5. The highest BCUT2D eigenvalue weighted by Gasteiger charge is 2.42. The Morgan fingerprint density at radius 1 is 1.19 bits per heavy atom. The van der Waals surface area contributed by atoms with Gasteiger partial charge in [0.1, 0.15) is 18.0 Å². The molecule has 1 aliphatic carbocycles. The Morgan fingerprint density at radius 2 is 1.86 bits per heavy atom. The van der Waals surface area contributed by atoms with Crippen LogP contribution in [0.15, 0.2) is 24.3 Å². The van der Waals surface area contributed by atoms with Gasteiger partial charge in [-0.15, -0.1) is 0 Å². The summed E-state index contributed by atoms with van der Waals surface area (Å²) >= 11 is 0. The molecule has 0 heterocycles. The molecule has 3 atom stereocenters. The molecule has 0 saturated heterocycles. The predicted octanol–water partition coefficient (Wildman–Crippen LogP) is 3.52. The van der Waals surface area contributed by atoms with Crippen molar-refractivity contribution in [3.8, 4) is 5.75 Å². The molecule has 0 bridgehead atoms. The monoisotopic (exact) mass is 291 g/mol. The van der Waals surface area contributed by atoms with Crippen molar-refractivity contribution in [1.82, 2.24) is 5.32 Å². The van der Waals surface area contributed by atoms with Crippen LogP contribution in [0, 0.1) is 0 Å². The predicted molar refractivity (Wildman–Crippen MR) is 87.1 cm³/mol. The summed E-state index contributed by atoms with van der Waals surface area (Å²) in [5, 5.41) is 3.51. The highest BCUT2D eigenvalue weighted by Crippen LogP contribution is 2.30. The van der Waals surface area contributed by atoms with Crippen molar-refractivity contribution in [1.29, 1.82) is 0 Å². The topological polar surface area (TPSA) is 30.5 Å². The molecule has 0 aromatic heterocycles. The number of hydrogen-bond acceptors (Lipinski definition) is 3. The van der Waals surface area contributed by atoms with Crippen LogP contribution in [0.2, 0.25) is 0 Å². The standard InChI is InChI=1S/C18H29NO2/c1-6-11-19-15-12-16(17(15)20-5)21-14-9-7-13(8-10-14)18(2,3)4/h7-10,15-17,19H,6,11-12H2,1-5H3. The van der Waals surface area contributed by atoms with Crippen molar-refractivity contribution in [3.63, 3.8) is 0 Å². The van der Waals surface area contributed by atoms with Gasteiger partial charge in [0, 0.05) is 19.6 Å².